The second-order valence-electron chi connectivity index (χ2n) is 7.88. The number of nitrogens with zero attached hydrogens (tertiary/aromatic N) is 5. The van der Waals surface area contributed by atoms with Crippen LogP contribution in [0.25, 0.3) is 10.2 Å². The smallest absolute Gasteiger partial charge is 0.337 e. The van der Waals surface area contributed by atoms with E-state index in [1.54, 1.807) is 12.1 Å². The van der Waals surface area contributed by atoms with Crippen LogP contribution in [-0.2, 0) is 30.8 Å². The third-order valence-electron chi connectivity index (χ3n) is 5.50. The van der Waals surface area contributed by atoms with Crippen molar-refractivity contribution in [1.29, 1.82) is 10.5 Å². The van der Waals surface area contributed by atoms with Crippen molar-refractivity contribution in [2.75, 3.05) is 27.3 Å². The summed E-state index contributed by atoms with van der Waals surface area (Å²) in [4.78, 5) is 41.2. The lowest BCUT2D eigenvalue weighted by atomic mass is 10.2. The summed E-state index contributed by atoms with van der Waals surface area (Å²) in [5.74, 6) is -1.82. The Hall–Kier alpha value is -4.37. The third kappa shape index (κ3) is 6.74. The molecule has 0 atom stereocenters. The molecular formula is C25H23N5O7S2. The Kier molecular flexibility index (Phi) is 9.68. The molecule has 12 nitrogen and oxygen atoms in total. The summed E-state index contributed by atoms with van der Waals surface area (Å²) >= 11 is 1.07. The van der Waals surface area contributed by atoms with Gasteiger partial charge in [-0.1, -0.05) is 11.3 Å². The van der Waals surface area contributed by atoms with Crippen LogP contribution >= 0.6 is 11.3 Å². The molecule has 3 aromatic rings. The van der Waals surface area contributed by atoms with Crippen molar-refractivity contribution in [1.82, 2.24) is 8.87 Å². The van der Waals surface area contributed by atoms with Crippen LogP contribution in [0.15, 0.2) is 52.4 Å². The van der Waals surface area contributed by atoms with Gasteiger partial charge in [0.15, 0.2) is 4.80 Å². The third-order valence-corrected chi connectivity index (χ3v) is 8.46. The maximum absolute atomic E-state index is 13.0. The molecule has 0 unspecified atom stereocenters. The lowest BCUT2D eigenvalue weighted by Crippen LogP contribution is -2.32. The van der Waals surface area contributed by atoms with Crippen LogP contribution in [0.2, 0.25) is 0 Å². The van der Waals surface area contributed by atoms with E-state index in [0.29, 0.717) is 10.2 Å². The van der Waals surface area contributed by atoms with Gasteiger partial charge in [-0.25, -0.2) is 13.2 Å². The van der Waals surface area contributed by atoms with Crippen molar-refractivity contribution in [3.63, 3.8) is 0 Å². The van der Waals surface area contributed by atoms with Gasteiger partial charge in [-0.05, 0) is 42.5 Å². The number of ether oxygens (including phenoxy) is 2. The molecule has 0 spiro atoms. The second kappa shape index (κ2) is 12.9. The Morgan fingerprint density at radius 3 is 2.15 bits per heavy atom. The number of hydrogen-bond acceptors (Lipinski definition) is 10. The lowest BCUT2D eigenvalue weighted by molar-refractivity contribution is -0.141. The molecule has 2 aromatic carbocycles. The number of benzene rings is 2. The molecule has 0 bridgehead atoms. The highest BCUT2D eigenvalue weighted by atomic mass is 32.2. The molecule has 0 radical (unpaired) electrons. The Morgan fingerprint density at radius 1 is 0.974 bits per heavy atom. The van der Waals surface area contributed by atoms with Crippen LogP contribution in [0.3, 0.4) is 0 Å². The molecule has 0 saturated carbocycles. The molecule has 14 heteroatoms. The number of methoxy groups -OCH3 is 2. The van der Waals surface area contributed by atoms with E-state index in [9.17, 15) is 22.8 Å². The lowest BCUT2D eigenvalue weighted by Gasteiger charge is -2.20. The summed E-state index contributed by atoms with van der Waals surface area (Å²) in [7, 11) is -1.52. The fourth-order valence-corrected chi connectivity index (χ4v) is 6.03. The molecule has 202 valence electrons. The number of nitriles is 2. The Bertz CT molecular complexity index is 1640. The van der Waals surface area contributed by atoms with Crippen molar-refractivity contribution in [3.05, 3.63) is 58.4 Å². The molecule has 3 rings (SSSR count). The number of fused-ring (bicyclic) bond motifs is 1. The average molecular weight is 570 g/mol. The maximum Gasteiger partial charge on any atom is 0.337 e. The van der Waals surface area contributed by atoms with Gasteiger partial charge in [-0.15, -0.1) is 0 Å². The van der Waals surface area contributed by atoms with E-state index < -0.39 is 27.9 Å². The number of hydrogen-bond donors (Lipinski definition) is 0. The minimum atomic E-state index is -4.00. The van der Waals surface area contributed by atoms with Gasteiger partial charge in [-0.3, -0.25) is 9.59 Å². The summed E-state index contributed by atoms with van der Waals surface area (Å²) in [5.41, 5.74) is 0.914. The highest BCUT2D eigenvalue weighted by molar-refractivity contribution is 7.89. The number of rotatable bonds is 10. The molecular weight excluding hydrogens is 546 g/mol. The van der Waals surface area contributed by atoms with Crippen LogP contribution in [0.5, 0.6) is 0 Å². The van der Waals surface area contributed by atoms with Gasteiger partial charge in [0.1, 0.15) is 6.54 Å². The standard InChI is InChI=1S/C25H23N5O7S2/c1-36-22(31)16-30-20-10-7-18(24(33)37-2)15-21(20)38-25(30)28-23(32)17-5-8-19(9-6-17)39(34,35)29(13-3-11-26)14-4-12-27/h5-10,15H,3-4,13-14,16H2,1-2H3. The number of aromatic nitrogens is 1. The molecule has 0 aliphatic heterocycles. The van der Waals surface area contributed by atoms with Crippen LogP contribution in [0, 0.1) is 22.7 Å². The zero-order valence-corrected chi connectivity index (χ0v) is 22.6. The first-order valence-corrected chi connectivity index (χ1v) is 13.6. The summed E-state index contributed by atoms with van der Waals surface area (Å²) in [6, 6.07) is 13.6. The van der Waals surface area contributed by atoms with Crippen LogP contribution in [0.4, 0.5) is 0 Å². The molecule has 39 heavy (non-hydrogen) atoms. The van der Waals surface area contributed by atoms with E-state index in [-0.39, 0.29) is 53.3 Å². The van der Waals surface area contributed by atoms with Gasteiger partial charge in [-0.2, -0.15) is 19.8 Å². The summed E-state index contributed by atoms with van der Waals surface area (Å²) in [6.45, 7) is -0.376. The molecule has 1 aromatic heterocycles. The van der Waals surface area contributed by atoms with Gasteiger partial charge in [0.05, 0.1) is 47.0 Å². The van der Waals surface area contributed by atoms with E-state index in [1.165, 1.54) is 49.1 Å². The largest absolute Gasteiger partial charge is 0.468 e. The number of esters is 2. The predicted molar refractivity (Wildman–Crippen MR) is 139 cm³/mol. The van der Waals surface area contributed by atoms with E-state index in [4.69, 9.17) is 20.0 Å². The first kappa shape index (κ1) is 29.2. The van der Waals surface area contributed by atoms with E-state index in [0.717, 1.165) is 15.6 Å². The quantitative estimate of drug-likeness (QED) is 0.332. The molecule has 0 aliphatic carbocycles. The van der Waals surface area contributed by atoms with Crippen molar-refractivity contribution >= 4 is 49.4 Å². The molecule has 1 amide bonds. The minimum Gasteiger partial charge on any atom is -0.468 e. The molecule has 0 fully saturated rings. The van der Waals surface area contributed by atoms with Crippen LogP contribution < -0.4 is 4.80 Å². The van der Waals surface area contributed by atoms with Gasteiger partial charge in [0.2, 0.25) is 10.0 Å². The molecule has 1 heterocycles. The summed E-state index contributed by atoms with van der Waals surface area (Å²) in [5, 5.41) is 17.7. The Labute approximate surface area is 228 Å². The number of sulfonamides is 1. The minimum absolute atomic E-state index is 0.0397. The monoisotopic (exact) mass is 569 g/mol. The first-order valence-electron chi connectivity index (χ1n) is 11.4. The van der Waals surface area contributed by atoms with E-state index in [1.807, 2.05) is 12.1 Å². The molecule has 0 aliphatic rings. The summed E-state index contributed by atoms with van der Waals surface area (Å²) in [6.07, 6.45) is -0.0794. The zero-order valence-electron chi connectivity index (χ0n) is 21.0. The zero-order chi connectivity index (χ0) is 28.6. The highest BCUT2D eigenvalue weighted by Crippen LogP contribution is 2.21. The first-order chi connectivity index (χ1) is 18.7. The number of carbonyl (C=O) groups excluding carboxylic acids is 3. The van der Waals surface area contributed by atoms with Gasteiger partial charge in [0.25, 0.3) is 5.91 Å². The van der Waals surface area contributed by atoms with Crippen molar-refractivity contribution in [3.8, 4) is 12.1 Å². The van der Waals surface area contributed by atoms with Crippen LogP contribution in [-0.4, -0.2) is 62.4 Å². The topological polar surface area (TPSA) is 172 Å². The molecule has 0 saturated heterocycles. The number of thiazole rings is 1. The Morgan fingerprint density at radius 2 is 1.59 bits per heavy atom. The number of carbonyl (C=O) groups is 3. The fourth-order valence-electron chi connectivity index (χ4n) is 3.52. The highest BCUT2D eigenvalue weighted by Gasteiger charge is 2.24. The number of amides is 1. The SMILES string of the molecule is COC(=O)Cn1c(=NC(=O)c2ccc(S(=O)(=O)N(CCC#N)CCC#N)cc2)sc2cc(C(=O)OC)ccc21. The van der Waals surface area contributed by atoms with E-state index in [2.05, 4.69) is 4.99 Å². The van der Waals surface area contributed by atoms with Crippen molar-refractivity contribution in [2.45, 2.75) is 24.3 Å². The average Bonchev–Trinajstić information content (AvgIpc) is 3.27. The van der Waals surface area contributed by atoms with Crippen molar-refractivity contribution < 1.29 is 32.3 Å². The van der Waals surface area contributed by atoms with Crippen LogP contribution in [0.1, 0.15) is 33.6 Å². The normalized spacial score (nSPS) is 11.7. The van der Waals surface area contributed by atoms with Crippen molar-refractivity contribution in [2.24, 2.45) is 4.99 Å². The van der Waals surface area contributed by atoms with Gasteiger partial charge < -0.3 is 14.0 Å². The summed E-state index contributed by atoms with van der Waals surface area (Å²) < 4.78 is 38.6. The van der Waals surface area contributed by atoms with Gasteiger partial charge >= 0.3 is 11.9 Å². The Balaban J connectivity index is 1.99. The molecule has 0 N–H and O–H groups in total. The fraction of sp³-hybridized carbons (Fsp3) is 0.280. The van der Waals surface area contributed by atoms with E-state index >= 15 is 0 Å². The van der Waals surface area contributed by atoms with Gasteiger partial charge in [0, 0.05) is 31.5 Å². The predicted octanol–water partition coefficient (Wildman–Crippen LogP) is 2.22. The second-order valence-corrected chi connectivity index (χ2v) is 10.8. The maximum atomic E-state index is 13.0.